The van der Waals surface area contributed by atoms with E-state index in [4.69, 9.17) is 15.0 Å². The van der Waals surface area contributed by atoms with Crippen LogP contribution >= 0.6 is 0 Å². The zero-order valence-corrected chi connectivity index (χ0v) is 31.5. The summed E-state index contributed by atoms with van der Waals surface area (Å²) in [5, 5.41) is 9.80. The largest absolute Gasteiger partial charge is 0.208 e. The molecule has 1 aromatic heterocycles. The Bertz CT molecular complexity index is 3230. The van der Waals surface area contributed by atoms with Gasteiger partial charge in [-0.05, 0) is 94.7 Å². The molecule has 0 unspecified atom stereocenters. The summed E-state index contributed by atoms with van der Waals surface area (Å²) in [4.78, 5) is 15.7. The molecule has 0 aliphatic rings. The van der Waals surface area contributed by atoms with E-state index in [-0.39, 0.29) is 0 Å². The summed E-state index contributed by atoms with van der Waals surface area (Å²) in [7, 11) is 0. The molecule has 10 aromatic carbocycles. The molecule has 0 spiro atoms. The molecule has 0 fully saturated rings. The number of rotatable bonds is 6. The first-order valence-corrected chi connectivity index (χ1v) is 19.7. The lowest BCUT2D eigenvalue weighted by Crippen LogP contribution is -2.02. The molecule has 58 heavy (non-hydrogen) atoms. The van der Waals surface area contributed by atoms with Gasteiger partial charge in [0.15, 0.2) is 17.5 Å². The number of fused-ring (bicyclic) bond motifs is 5. The Morgan fingerprint density at radius 1 is 0.224 bits per heavy atom. The second kappa shape index (κ2) is 14.1. The molecule has 270 valence electrons. The summed E-state index contributed by atoms with van der Waals surface area (Å²) < 4.78 is 0. The van der Waals surface area contributed by atoms with Gasteiger partial charge in [-0.2, -0.15) is 0 Å². The molecule has 0 atom stereocenters. The van der Waals surface area contributed by atoms with Crippen molar-refractivity contribution in [2.75, 3.05) is 0 Å². The van der Waals surface area contributed by atoms with E-state index in [1.54, 1.807) is 0 Å². The summed E-state index contributed by atoms with van der Waals surface area (Å²) in [5.74, 6) is 1.89. The zero-order valence-electron chi connectivity index (χ0n) is 31.5. The van der Waals surface area contributed by atoms with E-state index in [0.29, 0.717) is 17.5 Å². The fourth-order valence-electron chi connectivity index (χ4n) is 8.51. The Morgan fingerprint density at radius 3 is 1.33 bits per heavy atom. The smallest absolute Gasteiger partial charge is 0.164 e. The lowest BCUT2D eigenvalue weighted by atomic mass is 9.89. The van der Waals surface area contributed by atoms with Gasteiger partial charge < -0.3 is 0 Å². The predicted octanol–water partition coefficient (Wildman–Crippen LogP) is 14.5. The summed E-state index contributed by atoms with van der Waals surface area (Å²) in [6.07, 6.45) is 0. The van der Waals surface area contributed by atoms with Crippen LogP contribution in [-0.4, -0.2) is 15.0 Å². The minimum atomic E-state index is 0.628. The Kier molecular flexibility index (Phi) is 8.15. The molecule has 0 aliphatic heterocycles. The van der Waals surface area contributed by atoms with Crippen LogP contribution < -0.4 is 0 Å². The van der Waals surface area contributed by atoms with Crippen molar-refractivity contribution in [3.63, 3.8) is 0 Å². The molecule has 0 bridgehead atoms. The standard InChI is InChI=1S/C55H35N3/c1-3-15-36(16-4-1)44-21-11-13-25-49(44)54-56-53(57-55(58-54)50-26-14-12-22-45(50)37-17-5-2-6-18-37)43-30-28-39-33-42(29-27-40(39)34-43)52-47-24-10-8-20-41(47)35-51-46-23-9-7-19-38(46)31-32-48(51)52/h1-35H. The second-order valence-corrected chi connectivity index (χ2v) is 14.8. The average Bonchev–Trinajstić information content (AvgIpc) is 3.31. The van der Waals surface area contributed by atoms with Gasteiger partial charge in [-0.1, -0.05) is 194 Å². The summed E-state index contributed by atoms with van der Waals surface area (Å²) in [5.41, 5.74) is 9.65. The van der Waals surface area contributed by atoms with Crippen LogP contribution in [-0.2, 0) is 0 Å². The summed E-state index contributed by atoms with van der Waals surface area (Å²) in [6.45, 7) is 0. The van der Waals surface area contributed by atoms with Crippen LogP contribution in [0.5, 0.6) is 0 Å². The third kappa shape index (κ3) is 5.89. The van der Waals surface area contributed by atoms with Crippen LogP contribution in [0.2, 0.25) is 0 Å². The fraction of sp³-hybridized carbons (Fsp3) is 0. The molecule has 0 radical (unpaired) electrons. The third-order valence-corrected chi connectivity index (χ3v) is 11.3. The molecule has 1 heterocycles. The van der Waals surface area contributed by atoms with Crippen LogP contribution in [0, 0.1) is 0 Å². The van der Waals surface area contributed by atoms with Crippen LogP contribution in [0.15, 0.2) is 212 Å². The highest BCUT2D eigenvalue weighted by molar-refractivity contribution is 6.20. The molecule has 3 heteroatoms. The lowest BCUT2D eigenvalue weighted by molar-refractivity contribution is 1.08. The van der Waals surface area contributed by atoms with Gasteiger partial charge in [-0.25, -0.2) is 15.0 Å². The summed E-state index contributed by atoms with van der Waals surface area (Å²) in [6, 6.07) is 75.3. The van der Waals surface area contributed by atoms with Gasteiger partial charge in [0.05, 0.1) is 0 Å². The molecular weight excluding hydrogens is 703 g/mol. The third-order valence-electron chi connectivity index (χ3n) is 11.3. The van der Waals surface area contributed by atoms with Crippen molar-refractivity contribution in [3.05, 3.63) is 212 Å². The molecule has 0 saturated carbocycles. The minimum Gasteiger partial charge on any atom is -0.208 e. The van der Waals surface area contributed by atoms with Crippen molar-refractivity contribution in [2.45, 2.75) is 0 Å². The zero-order chi connectivity index (χ0) is 38.4. The molecule has 0 aliphatic carbocycles. The van der Waals surface area contributed by atoms with E-state index in [0.717, 1.165) is 49.7 Å². The Hall–Kier alpha value is -7.75. The van der Waals surface area contributed by atoms with Crippen molar-refractivity contribution in [2.24, 2.45) is 0 Å². The maximum absolute atomic E-state index is 5.23. The maximum atomic E-state index is 5.23. The van der Waals surface area contributed by atoms with Gasteiger partial charge in [0, 0.05) is 16.7 Å². The van der Waals surface area contributed by atoms with Gasteiger partial charge >= 0.3 is 0 Å². The van der Waals surface area contributed by atoms with Crippen molar-refractivity contribution >= 4 is 43.1 Å². The molecule has 0 amide bonds. The number of hydrogen-bond acceptors (Lipinski definition) is 3. The highest BCUT2D eigenvalue weighted by Crippen LogP contribution is 2.41. The SMILES string of the molecule is c1ccc(-c2ccccc2-c2nc(-c3ccc4cc(-c5c6ccccc6cc6c5ccc5ccccc56)ccc4c3)nc(-c3ccccc3-c3ccccc3)n2)cc1. The van der Waals surface area contributed by atoms with Crippen LogP contribution in [0.4, 0.5) is 0 Å². The monoisotopic (exact) mass is 737 g/mol. The van der Waals surface area contributed by atoms with Gasteiger partial charge in [-0.15, -0.1) is 0 Å². The number of aromatic nitrogens is 3. The van der Waals surface area contributed by atoms with Crippen LogP contribution in [0.3, 0.4) is 0 Å². The van der Waals surface area contributed by atoms with Gasteiger partial charge in [-0.3, -0.25) is 0 Å². The first-order chi connectivity index (χ1) is 28.7. The molecule has 0 saturated heterocycles. The quantitative estimate of drug-likeness (QED) is 0.126. The first kappa shape index (κ1) is 33.6. The lowest BCUT2D eigenvalue weighted by Gasteiger charge is -2.15. The van der Waals surface area contributed by atoms with E-state index < -0.39 is 0 Å². The number of benzene rings is 10. The highest BCUT2D eigenvalue weighted by Gasteiger charge is 2.19. The van der Waals surface area contributed by atoms with Crippen molar-refractivity contribution in [1.82, 2.24) is 15.0 Å². The van der Waals surface area contributed by atoms with E-state index in [9.17, 15) is 0 Å². The Balaban J connectivity index is 1.08. The first-order valence-electron chi connectivity index (χ1n) is 19.7. The predicted molar refractivity (Wildman–Crippen MR) is 242 cm³/mol. The highest BCUT2D eigenvalue weighted by atomic mass is 15.0. The number of hydrogen-bond donors (Lipinski definition) is 0. The summed E-state index contributed by atoms with van der Waals surface area (Å²) >= 11 is 0. The average molecular weight is 738 g/mol. The minimum absolute atomic E-state index is 0.628. The van der Waals surface area contributed by atoms with E-state index in [1.165, 1.54) is 43.4 Å². The fourth-order valence-corrected chi connectivity index (χ4v) is 8.51. The van der Waals surface area contributed by atoms with Crippen LogP contribution in [0.1, 0.15) is 0 Å². The van der Waals surface area contributed by atoms with E-state index in [1.807, 2.05) is 12.1 Å². The molecule has 0 N–H and O–H groups in total. The normalized spacial score (nSPS) is 11.4. The van der Waals surface area contributed by atoms with E-state index in [2.05, 4.69) is 200 Å². The Labute approximate surface area is 336 Å². The molecule has 11 rings (SSSR count). The van der Waals surface area contributed by atoms with E-state index >= 15 is 0 Å². The van der Waals surface area contributed by atoms with Crippen molar-refractivity contribution in [3.8, 4) is 67.5 Å². The molecule has 3 nitrogen and oxygen atoms in total. The van der Waals surface area contributed by atoms with Crippen LogP contribution in [0.25, 0.3) is 111 Å². The number of nitrogens with zero attached hydrogens (tertiary/aromatic N) is 3. The molecule has 11 aromatic rings. The topological polar surface area (TPSA) is 38.7 Å². The van der Waals surface area contributed by atoms with Crippen molar-refractivity contribution in [1.29, 1.82) is 0 Å². The maximum Gasteiger partial charge on any atom is 0.164 e. The molecular formula is C55H35N3. The Morgan fingerprint density at radius 2 is 0.690 bits per heavy atom. The van der Waals surface area contributed by atoms with Gasteiger partial charge in [0.25, 0.3) is 0 Å². The van der Waals surface area contributed by atoms with Gasteiger partial charge in [0.2, 0.25) is 0 Å². The second-order valence-electron chi connectivity index (χ2n) is 14.8. The van der Waals surface area contributed by atoms with Crippen molar-refractivity contribution < 1.29 is 0 Å². The van der Waals surface area contributed by atoms with Gasteiger partial charge in [0.1, 0.15) is 0 Å².